The Hall–Kier alpha value is -2.08. The van der Waals surface area contributed by atoms with Gasteiger partial charge in [0, 0.05) is 32.7 Å². The number of amides is 2. The lowest BCUT2D eigenvalue weighted by atomic mass is 10.1. The Balaban J connectivity index is 2.74. The van der Waals surface area contributed by atoms with Gasteiger partial charge in [0.1, 0.15) is 5.75 Å². The molecule has 0 radical (unpaired) electrons. The molecule has 0 bridgehead atoms. The summed E-state index contributed by atoms with van der Waals surface area (Å²) in [4.78, 5) is 23.1. The van der Waals surface area contributed by atoms with E-state index in [9.17, 15) is 9.59 Å². The van der Waals surface area contributed by atoms with E-state index < -0.39 is 0 Å². The van der Waals surface area contributed by atoms with E-state index in [1.165, 1.54) is 14.0 Å². The summed E-state index contributed by atoms with van der Waals surface area (Å²) in [5.74, 6) is 0.0902. The predicted octanol–water partition coefficient (Wildman–Crippen LogP) is 1.42. The Morgan fingerprint density at radius 1 is 1.25 bits per heavy atom. The van der Waals surface area contributed by atoms with Gasteiger partial charge in [0.25, 0.3) is 5.91 Å². The second kappa shape index (κ2) is 8.16. The number of nitrogens with one attached hydrogen (secondary N) is 2. The van der Waals surface area contributed by atoms with Crippen LogP contribution in [0.2, 0.25) is 0 Å². The molecule has 0 unspecified atom stereocenters. The molecule has 1 aromatic rings. The fourth-order valence-corrected chi connectivity index (χ4v) is 1.66. The second-order valence-corrected chi connectivity index (χ2v) is 4.20. The minimum atomic E-state index is -0.221. The number of carbonyl (C=O) groups excluding carboxylic acids is 2. The molecule has 0 atom stereocenters. The molecule has 2 N–H and O–H groups in total. The lowest BCUT2D eigenvalue weighted by Gasteiger charge is -2.11. The third-order valence-electron chi connectivity index (χ3n) is 2.58. The van der Waals surface area contributed by atoms with Crippen LogP contribution in [0, 0.1) is 0 Å². The van der Waals surface area contributed by atoms with Crippen molar-refractivity contribution in [2.75, 3.05) is 32.7 Å². The molecule has 0 aliphatic heterocycles. The molecule has 0 fully saturated rings. The fraction of sp³-hybridized carbons (Fsp3) is 0.429. The lowest BCUT2D eigenvalue weighted by Crippen LogP contribution is -2.25. The highest BCUT2D eigenvalue weighted by molar-refractivity contribution is 5.97. The predicted molar refractivity (Wildman–Crippen MR) is 76.1 cm³/mol. The molecule has 6 nitrogen and oxygen atoms in total. The number of rotatable bonds is 7. The van der Waals surface area contributed by atoms with Crippen LogP contribution in [-0.4, -0.2) is 39.2 Å². The van der Waals surface area contributed by atoms with Crippen molar-refractivity contribution in [3.63, 3.8) is 0 Å². The first-order valence-corrected chi connectivity index (χ1v) is 6.31. The van der Waals surface area contributed by atoms with E-state index in [0.29, 0.717) is 30.2 Å². The maximum Gasteiger partial charge on any atom is 0.251 e. The number of ether oxygens (including phenoxy) is 2. The molecule has 0 aromatic heterocycles. The summed E-state index contributed by atoms with van der Waals surface area (Å²) >= 11 is 0. The van der Waals surface area contributed by atoms with Gasteiger partial charge in [-0.2, -0.15) is 0 Å². The van der Waals surface area contributed by atoms with Gasteiger partial charge in [-0.25, -0.2) is 0 Å². The van der Waals surface area contributed by atoms with E-state index in [2.05, 4.69) is 10.6 Å². The maximum atomic E-state index is 11.9. The van der Waals surface area contributed by atoms with Gasteiger partial charge in [0.2, 0.25) is 5.91 Å². The van der Waals surface area contributed by atoms with E-state index >= 15 is 0 Å². The van der Waals surface area contributed by atoms with Crippen LogP contribution >= 0.6 is 0 Å². The first kappa shape index (κ1) is 16.0. The molecule has 0 heterocycles. The molecule has 0 spiro atoms. The Bertz CT molecular complexity index is 474. The van der Waals surface area contributed by atoms with Crippen molar-refractivity contribution >= 4 is 17.5 Å². The fourth-order valence-electron chi connectivity index (χ4n) is 1.66. The number of hydrogen-bond donors (Lipinski definition) is 2. The van der Waals surface area contributed by atoms with Crippen molar-refractivity contribution < 1.29 is 19.1 Å². The van der Waals surface area contributed by atoms with Crippen LogP contribution in [0.1, 0.15) is 23.7 Å². The minimum Gasteiger partial charge on any atom is -0.495 e. The summed E-state index contributed by atoms with van der Waals surface area (Å²) in [6.07, 6.45) is 0.747. The standard InChI is InChI=1S/C14H20N2O4/c1-10(17)16-12-9-11(5-6-13(12)20-3)14(18)15-7-4-8-19-2/h5-6,9H,4,7-8H2,1-3H3,(H,15,18)(H,16,17). The zero-order chi connectivity index (χ0) is 15.0. The van der Waals surface area contributed by atoms with Gasteiger partial charge in [-0.05, 0) is 24.6 Å². The summed E-state index contributed by atoms with van der Waals surface area (Å²) in [5.41, 5.74) is 0.941. The Labute approximate surface area is 118 Å². The van der Waals surface area contributed by atoms with Crippen LogP contribution in [0.5, 0.6) is 5.75 Å². The normalized spacial score (nSPS) is 9.95. The number of hydrogen-bond acceptors (Lipinski definition) is 4. The Morgan fingerprint density at radius 3 is 2.60 bits per heavy atom. The minimum absolute atomic E-state index is 0.199. The van der Waals surface area contributed by atoms with Crippen molar-refractivity contribution in [2.24, 2.45) is 0 Å². The zero-order valence-corrected chi connectivity index (χ0v) is 12.0. The summed E-state index contributed by atoms with van der Waals surface area (Å²) < 4.78 is 10.0. The van der Waals surface area contributed by atoms with E-state index in [1.54, 1.807) is 25.3 Å². The van der Waals surface area contributed by atoms with Gasteiger partial charge in [-0.3, -0.25) is 9.59 Å². The molecular formula is C14H20N2O4. The Morgan fingerprint density at radius 2 is 2.00 bits per heavy atom. The number of methoxy groups -OCH3 is 2. The zero-order valence-electron chi connectivity index (χ0n) is 12.0. The molecule has 0 saturated heterocycles. The highest BCUT2D eigenvalue weighted by atomic mass is 16.5. The summed E-state index contributed by atoms with van der Waals surface area (Å²) in [5, 5.41) is 5.41. The van der Waals surface area contributed by atoms with Crippen molar-refractivity contribution in [3.05, 3.63) is 23.8 Å². The van der Waals surface area contributed by atoms with Crippen molar-refractivity contribution in [1.82, 2.24) is 5.32 Å². The summed E-state index contributed by atoms with van der Waals surface area (Å²) in [7, 11) is 3.12. The molecule has 0 aliphatic carbocycles. The third-order valence-corrected chi connectivity index (χ3v) is 2.58. The molecule has 1 rings (SSSR count). The average molecular weight is 280 g/mol. The molecule has 2 amide bonds. The first-order valence-electron chi connectivity index (χ1n) is 6.31. The highest BCUT2D eigenvalue weighted by Gasteiger charge is 2.10. The van der Waals surface area contributed by atoms with Gasteiger partial charge in [-0.1, -0.05) is 0 Å². The monoisotopic (exact) mass is 280 g/mol. The molecule has 1 aromatic carbocycles. The van der Waals surface area contributed by atoms with Crippen LogP contribution in [0.25, 0.3) is 0 Å². The average Bonchev–Trinajstić information content (AvgIpc) is 2.42. The number of benzene rings is 1. The highest BCUT2D eigenvalue weighted by Crippen LogP contribution is 2.25. The summed E-state index contributed by atoms with van der Waals surface area (Å²) in [6, 6.07) is 4.89. The van der Waals surface area contributed by atoms with E-state index in [4.69, 9.17) is 9.47 Å². The van der Waals surface area contributed by atoms with E-state index in [1.807, 2.05) is 0 Å². The van der Waals surface area contributed by atoms with Crippen LogP contribution in [-0.2, 0) is 9.53 Å². The van der Waals surface area contributed by atoms with Crippen molar-refractivity contribution in [1.29, 1.82) is 0 Å². The first-order chi connectivity index (χ1) is 9.58. The van der Waals surface area contributed by atoms with Crippen LogP contribution < -0.4 is 15.4 Å². The van der Waals surface area contributed by atoms with Gasteiger partial charge < -0.3 is 20.1 Å². The Kier molecular flexibility index (Phi) is 6.52. The molecule has 20 heavy (non-hydrogen) atoms. The SMILES string of the molecule is COCCCNC(=O)c1ccc(OC)c(NC(C)=O)c1. The smallest absolute Gasteiger partial charge is 0.251 e. The molecule has 110 valence electrons. The topological polar surface area (TPSA) is 76.7 Å². The van der Waals surface area contributed by atoms with Crippen molar-refractivity contribution in [2.45, 2.75) is 13.3 Å². The van der Waals surface area contributed by atoms with Crippen LogP contribution in [0.4, 0.5) is 5.69 Å². The molecule has 0 saturated carbocycles. The number of carbonyl (C=O) groups is 2. The van der Waals surface area contributed by atoms with Crippen LogP contribution in [0.15, 0.2) is 18.2 Å². The maximum absolute atomic E-state index is 11.9. The van der Waals surface area contributed by atoms with E-state index in [0.717, 1.165) is 6.42 Å². The lowest BCUT2D eigenvalue weighted by molar-refractivity contribution is -0.114. The van der Waals surface area contributed by atoms with Gasteiger partial charge in [0.05, 0.1) is 12.8 Å². The molecule has 6 heteroatoms. The van der Waals surface area contributed by atoms with Crippen LogP contribution in [0.3, 0.4) is 0 Å². The number of anilines is 1. The summed E-state index contributed by atoms with van der Waals surface area (Å²) in [6.45, 7) is 2.53. The second-order valence-electron chi connectivity index (χ2n) is 4.20. The van der Waals surface area contributed by atoms with E-state index in [-0.39, 0.29) is 11.8 Å². The van der Waals surface area contributed by atoms with Gasteiger partial charge in [-0.15, -0.1) is 0 Å². The molecular weight excluding hydrogens is 260 g/mol. The largest absolute Gasteiger partial charge is 0.495 e. The van der Waals surface area contributed by atoms with Gasteiger partial charge >= 0.3 is 0 Å². The quantitative estimate of drug-likeness (QED) is 0.741. The third kappa shape index (κ3) is 4.89. The molecule has 0 aliphatic rings. The van der Waals surface area contributed by atoms with Crippen molar-refractivity contribution in [3.8, 4) is 5.75 Å². The van der Waals surface area contributed by atoms with Gasteiger partial charge in [0.15, 0.2) is 0 Å².